The Kier molecular flexibility index (Phi) is 3.86. The first-order valence-corrected chi connectivity index (χ1v) is 8.70. The summed E-state index contributed by atoms with van der Waals surface area (Å²) in [4.78, 5) is 12.8. The van der Waals surface area contributed by atoms with Gasteiger partial charge in [-0.2, -0.15) is 0 Å². The van der Waals surface area contributed by atoms with Crippen LogP contribution in [0.1, 0.15) is 44.8 Å². The topological polar surface area (TPSA) is 42.2 Å². The second kappa shape index (κ2) is 5.51. The lowest BCUT2D eigenvalue weighted by Gasteiger charge is -2.13. The summed E-state index contributed by atoms with van der Waals surface area (Å²) in [5, 5.41) is 4.74. The van der Waals surface area contributed by atoms with E-state index in [1.807, 2.05) is 0 Å². The minimum absolute atomic E-state index is 0.306. The molecule has 0 aliphatic heterocycles. The van der Waals surface area contributed by atoms with Crippen molar-refractivity contribution in [3.63, 3.8) is 0 Å². The average Bonchev–Trinajstić information content (AvgIpc) is 3.00. The number of rotatable bonds is 4. The Labute approximate surface area is 132 Å². The molecule has 0 aliphatic carbocycles. The lowest BCUT2D eigenvalue weighted by Crippen LogP contribution is -2.19. The first-order valence-electron chi connectivity index (χ1n) is 7.07. The van der Waals surface area contributed by atoms with E-state index in [4.69, 9.17) is 0 Å². The van der Waals surface area contributed by atoms with E-state index >= 15 is 0 Å². The number of imidazole rings is 1. The molecule has 112 valence electrons. The lowest BCUT2D eigenvalue weighted by atomic mass is 10.2. The van der Waals surface area contributed by atoms with Gasteiger partial charge in [0.05, 0.1) is 22.1 Å². The SMILES string of the molecule is Cc1cn2c(CNC(C)c3sc(C)nc3C)c(C)nc2s1. The highest BCUT2D eigenvalue weighted by Crippen LogP contribution is 2.25. The van der Waals surface area contributed by atoms with Crippen molar-refractivity contribution in [2.75, 3.05) is 0 Å². The van der Waals surface area contributed by atoms with E-state index in [9.17, 15) is 0 Å². The highest BCUT2D eigenvalue weighted by Gasteiger charge is 2.15. The van der Waals surface area contributed by atoms with Gasteiger partial charge in [0.2, 0.25) is 0 Å². The van der Waals surface area contributed by atoms with Crippen LogP contribution in [0, 0.1) is 27.7 Å². The molecular weight excluding hydrogens is 300 g/mol. The van der Waals surface area contributed by atoms with Gasteiger partial charge in [0.15, 0.2) is 4.96 Å². The molecule has 0 aromatic carbocycles. The lowest BCUT2D eigenvalue weighted by molar-refractivity contribution is 0.569. The van der Waals surface area contributed by atoms with E-state index in [1.165, 1.54) is 15.4 Å². The van der Waals surface area contributed by atoms with Gasteiger partial charge in [-0.25, -0.2) is 9.97 Å². The maximum absolute atomic E-state index is 4.64. The Hall–Kier alpha value is -1.24. The largest absolute Gasteiger partial charge is 0.304 e. The molecule has 1 N–H and O–H groups in total. The highest BCUT2D eigenvalue weighted by atomic mass is 32.1. The van der Waals surface area contributed by atoms with Crippen LogP contribution in [0.4, 0.5) is 0 Å². The number of aryl methyl sites for hydroxylation is 4. The normalized spacial score (nSPS) is 13.2. The van der Waals surface area contributed by atoms with Crippen LogP contribution in [0.25, 0.3) is 4.96 Å². The maximum Gasteiger partial charge on any atom is 0.194 e. The van der Waals surface area contributed by atoms with Gasteiger partial charge in [-0.15, -0.1) is 22.7 Å². The first-order chi connectivity index (χ1) is 9.95. The van der Waals surface area contributed by atoms with Gasteiger partial charge in [-0.3, -0.25) is 4.40 Å². The standard InChI is InChI=1S/C15H20N4S2/c1-8-7-19-13(9(2)18-15(19)20-8)6-16-10(3)14-11(4)17-12(5)21-14/h7,10,16H,6H2,1-5H3. The molecule has 0 bridgehead atoms. The molecule has 3 rings (SSSR count). The van der Waals surface area contributed by atoms with E-state index in [0.717, 1.165) is 27.9 Å². The molecule has 0 saturated carbocycles. The van der Waals surface area contributed by atoms with Crippen LogP contribution < -0.4 is 5.32 Å². The smallest absolute Gasteiger partial charge is 0.194 e. The molecule has 6 heteroatoms. The van der Waals surface area contributed by atoms with Crippen LogP contribution >= 0.6 is 22.7 Å². The molecule has 0 spiro atoms. The number of fused-ring (bicyclic) bond motifs is 1. The van der Waals surface area contributed by atoms with E-state index in [2.05, 4.69) is 60.5 Å². The quantitative estimate of drug-likeness (QED) is 0.792. The summed E-state index contributed by atoms with van der Waals surface area (Å²) in [6.07, 6.45) is 2.17. The number of aromatic nitrogens is 3. The second-order valence-corrected chi connectivity index (χ2v) is 7.87. The molecule has 0 aliphatic rings. The summed E-state index contributed by atoms with van der Waals surface area (Å²) in [5.41, 5.74) is 3.50. The van der Waals surface area contributed by atoms with Gasteiger partial charge in [-0.05, 0) is 34.6 Å². The Morgan fingerprint density at radius 3 is 2.57 bits per heavy atom. The average molecular weight is 320 g/mol. The summed E-state index contributed by atoms with van der Waals surface area (Å²) in [7, 11) is 0. The second-order valence-electron chi connectivity index (χ2n) is 5.42. The third kappa shape index (κ3) is 2.75. The number of thiazole rings is 2. The Morgan fingerprint density at radius 1 is 1.14 bits per heavy atom. The third-order valence-corrected chi connectivity index (χ3v) is 5.80. The summed E-state index contributed by atoms with van der Waals surface area (Å²) in [5.74, 6) is 0. The van der Waals surface area contributed by atoms with Crippen LogP contribution in [0.5, 0.6) is 0 Å². The number of hydrogen-bond donors (Lipinski definition) is 1. The van der Waals surface area contributed by atoms with Gasteiger partial charge < -0.3 is 5.32 Å². The van der Waals surface area contributed by atoms with Crippen molar-refractivity contribution in [2.45, 2.75) is 47.2 Å². The molecule has 4 nitrogen and oxygen atoms in total. The Morgan fingerprint density at radius 2 is 1.90 bits per heavy atom. The predicted octanol–water partition coefficient (Wildman–Crippen LogP) is 3.94. The van der Waals surface area contributed by atoms with Gasteiger partial charge in [-0.1, -0.05) is 0 Å². The van der Waals surface area contributed by atoms with E-state index in [0.29, 0.717) is 6.04 Å². The van der Waals surface area contributed by atoms with Crippen molar-refractivity contribution >= 4 is 27.6 Å². The van der Waals surface area contributed by atoms with Crippen LogP contribution in [-0.4, -0.2) is 14.4 Å². The molecule has 3 aromatic heterocycles. The van der Waals surface area contributed by atoms with Gasteiger partial charge in [0.1, 0.15) is 0 Å². The van der Waals surface area contributed by atoms with Crippen molar-refractivity contribution in [3.8, 4) is 0 Å². The summed E-state index contributed by atoms with van der Waals surface area (Å²) in [6.45, 7) is 11.4. The number of hydrogen-bond acceptors (Lipinski definition) is 5. The predicted molar refractivity (Wildman–Crippen MR) is 89.4 cm³/mol. The monoisotopic (exact) mass is 320 g/mol. The van der Waals surface area contributed by atoms with Crippen LogP contribution in [0.3, 0.4) is 0 Å². The molecule has 0 saturated heterocycles. The zero-order valence-corrected chi connectivity index (χ0v) is 14.7. The van der Waals surface area contributed by atoms with Crippen molar-refractivity contribution in [1.29, 1.82) is 0 Å². The summed E-state index contributed by atoms with van der Waals surface area (Å²) in [6, 6.07) is 0.306. The van der Waals surface area contributed by atoms with Gasteiger partial charge in [0, 0.05) is 28.5 Å². The van der Waals surface area contributed by atoms with Gasteiger partial charge >= 0.3 is 0 Å². The number of nitrogens with zero attached hydrogens (tertiary/aromatic N) is 3. The van der Waals surface area contributed by atoms with Crippen molar-refractivity contribution in [1.82, 2.24) is 19.7 Å². The maximum atomic E-state index is 4.64. The van der Waals surface area contributed by atoms with Crippen LogP contribution in [0.2, 0.25) is 0 Å². The molecular formula is C15H20N4S2. The van der Waals surface area contributed by atoms with Crippen LogP contribution in [0.15, 0.2) is 6.20 Å². The Bertz CT molecular complexity index is 781. The minimum atomic E-state index is 0.306. The van der Waals surface area contributed by atoms with Crippen molar-refractivity contribution in [3.05, 3.63) is 38.0 Å². The molecule has 3 heterocycles. The van der Waals surface area contributed by atoms with Crippen LogP contribution in [-0.2, 0) is 6.54 Å². The molecule has 0 radical (unpaired) electrons. The van der Waals surface area contributed by atoms with E-state index < -0.39 is 0 Å². The summed E-state index contributed by atoms with van der Waals surface area (Å²) >= 11 is 3.52. The first kappa shape index (κ1) is 14.7. The zero-order chi connectivity index (χ0) is 15.1. The zero-order valence-electron chi connectivity index (χ0n) is 13.0. The fraction of sp³-hybridized carbons (Fsp3) is 0.467. The fourth-order valence-corrected chi connectivity index (χ4v) is 4.46. The summed E-state index contributed by atoms with van der Waals surface area (Å²) < 4.78 is 2.21. The van der Waals surface area contributed by atoms with Gasteiger partial charge in [0.25, 0.3) is 0 Å². The molecule has 1 atom stereocenters. The Balaban J connectivity index is 1.80. The molecule has 0 amide bonds. The van der Waals surface area contributed by atoms with Crippen molar-refractivity contribution in [2.24, 2.45) is 0 Å². The van der Waals surface area contributed by atoms with Crippen molar-refractivity contribution < 1.29 is 0 Å². The van der Waals surface area contributed by atoms with E-state index in [1.54, 1.807) is 22.7 Å². The fourth-order valence-electron chi connectivity index (χ4n) is 2.61. The molecule has 21 heavy (non-hydrogen) atoms. The number of nitrogens with one attached hydrogen (secondary N) is 1. The van der Waals surface area contributed by atoms with E-state index in [-0.39, 0.29) is 0 Å². The minimum Gasteiger partial charge on any atom is -0.304 e. The molecule has 3 aromatic rings. The third-order valence-electron chi connectivity index (χ3n) is 3.65. The molecule has 1 unspecified atom stereocenters. The molecule has 0 fully saturated rings. The highest BCUT2D eigenvalue weighted by molar-refractivity contribution is 7.17.